The second kappa shape index (κ2) is 15.5. The summed E-state index contributed by atoms with van der Waals surface area (Å²) in [4.78, 5) is 29.6. The summed E-state index contributed by atoms with van der Waals surface area (Å²) in [5, 5.41) is 19.9. The van der Waals surface area contributed by atoms with Gasteiger partial charge in [-0.1, -0.05) is 55.1 Å². The lowest BCUT2D eigenvalue weighted by Gasteiger charge is -2.28. The lowest BCUT2D eigenvalue weighted by Crippen LogP contribution is -2.43. The number of hydrogen-bond donors (Lipinski definition) is 2. The lowest BCUT2D eigenvalue weighted by atomic mass is 9.85. The van der Waals surface area contributed by atoms with E-state index in [1.165, 1.54) is 24.3 Å². The van der Waals surface area contributed by atoms with Crippen LogP contribution in [-0.4, -0.2) is 46.3 Å². The lowest BCUT2D eigenvalue weighted by molar-refractivity contribution is -0.119. The van der Waals surface area contributed by atoms with Gasteiger partial charge in [0.1, 0.15) is 16.2 Å². The summed E-state index contributed by atoms with van der Waals surface area (Å²) in [5.74, 6) is -11.7. The number of carboxylic acids is 1. The van der Waals surface area contributed by atoms with Crippen LogP contribution in [0.1, 0.15) is 65.2 Å². The zero-order valence-corrected chi connectivity index (χ0v) is 29.2. The third kappa shape index (κ3) is 7.80. The highest BCUT2D eigenvalue weighted by Crippen LogP contribution is 2.36. The molecule has 1 saturated carbocycles. The molecule has 264 valence electrons. The van der Waals surface area contributed by atoms with Crippen LogP contribution in [0.4, 0.5) is 23.2 Å². The van der Waals surface area contributed by atoms with E-state index in [4.69, 9.17) is 11.6 Å². The number of amides is 1. The molecule has 1 heterocycles. The maximum Gasteiger partial charge on any atom is 0.339 e. The topological polar surface area (TPSA) is 128 Å². The van der Waals surface area contributed by atoms with Crippen molar-refractivity contribution in [2.24, 2.45) is 0 Å². The van der Waals surface area contributed by atoms with Crippen LogP contribution in [-0.2, 0) is 27.9 Å². The number of pyridine rings is 1. The average Bonchev–Trinajstić information content (AvgIpc) is 3.09. The number of nitrogens with zero attached hydrogens (tertiary/aromatic N) is 3. The van der Waals surface area contributed by atoms with Gasteiger partial charge in [0.15, 0.2) is 23.3 Å². The number of benzene rings is 3. The van der Waals surface area contributed by atoms with Crippen LogP contribution in [0.3, 0.4) is 0 Å². The van der Waals surface area contributed by atoms with Gasteiger partial charge in [-0.2, -0.15) is 4.31 Å². The summed E-state index contributed by atoms with van der Waals surface area (Å²) in [6.45, 7) is -2.10. The molecule has 0 atom stereocenters. The normalized spacial score (nSPS) is 13.8. The van der Waals surface area contributed by atoms with Crippen molar-refractivity contribution < 1.29 is 45.8 Å². The second-order valence-corrected chi connectivity index (χ2v) is 14.7. The fraction of sp³-hybridized carbons (Fsp3) is 0.265. The SMILES string of the molecule is O=C(O)c1ccc(N(Cc2ccc(C3CCCCC3)cn2)C(=O)CN(Cc2ccccc2Cl)S(=O)(=O)c2c(F)c(F)c(F)c(F)c2Br)cc1O. The number of carbonyl (C=O) groups excluding carboxylic acids is 1. The molecule has 0 radical (unpaired) electrons. The van der Waals surface area contributed by atoms with E-state index in [-0.39, 0.29) is 22.8 Å². The van der Waals surface area contributed by atoms with Gasteiger partial charge in [-0.3, -0.25) is 9.78 Å². The van der Waals surface area contributed by atoms with E-state index in [1.54, 1.807) is 18.3 Å². The first kappa shape index (κ1) is 37.2. The summed E-state index contributed by atoms with van der Waals surface area (Å²) >= 11 is 8.80. The molecule has 1 amide bonds. The summed E-state index contributed by atoms with van der Waals surface area (Å²) in [6, 6.07) is 12.7. The van der Waals surface area contributed by atoms with E-state index in [0.717, 1.165) is 54.7 Å². The van der Waals surface area contributed by atoms with Crippen molar-refractivity contribution in [3.05, 3.63) is 116 Å². The molecule has 16 heteroatoms. The quantitative estimate of drug-likeness (QED) is 0.0897. The van der Waals surface area contributed by atoms with Crippen molar-refractivity contribution >= 4 is 55.1 Å². The molecule has 9 nitrogen and oxygen atoms in total. The number of halogens is 6. The Hall–Kier alpha value is -4.05. The Kier molecular flexibility index (Phi) is 11.5. The standard InChI is InChI=1S/C34H29BrClF4N3O6S/c35-28-29(37)30(38)31(39)32(40)33(28)50(48,49)42(16-21-8-4-5-9-25(21)36)18-27(45)43(23-12-13-24(34(46)47)26(44)14-23)17-22-11-10-20(15-41-22)19-6-2-1-3-7-19/h4-5,8-15,19,44H,1-3,6-7,16-18H2,(H,46,47). The Morgan fingerprint density at radius 2 is 1.60 bits per heavy atom. The second-order valence-electron chi connectivity index (χ2n) is 11.7. The van der Waals surface area contributed by atoms with Gasteiger partial charge in [0.2, 0.25) is 15.9 Å². The first-order chi connectivity index (χ1) is 23.7. The first-order valence-corrected chi connectivity index (χ1v) is 17.9. The van der Waals surface area contributed by atoms with Crippen molar-refractivity contribution in [2.45, 2.75) is 56.0 Å². The molecule has 0 saturated heterocycles. The molecule has 0 bridgehead atoms. The molecule has 3 aromatic carbocycles. The van der Waals surface area contributed by atoms with Crippen LogP contribution in [0.15, 0.2) is 70.2 Å². The minimum atomic E-state index is -5.35. The Bertz CT molecular complexity index is 2020. The maximum atomic E-state index is 15.1. The van der Waals surface area contributed by atoms with Gasteiger partial charge in [-0.05, 0) is 70.1 Å². The van der Waals surface area contributed by atoms with Gasteiger partial charge in [-0.25, -0.2) is 30.8 Å². The largest absolute Gasteiger partial charge is 0.507 e. The number of carboxylic acid groups (broad SMARTS) is 1. The molecule has 2 N–H and O–H groups in total. The van der Waals surface area contributed by atoms with Gasteiger partial charge in [0, 0.05) is 29.5 Å². The molecule has 5 rings (SSSR count). The number of aromatic hydroxyl groups is 1. The van der Waals surface area contributed by atoms with Crippen LogP contribution < -0.4 is 4.90 Å². The fourth-order valence-electron chi connectivity index (χ4n) is 5.78. The van der Waals surface area contributed by atoms with Crippen LogP contribution in [0.25, 0.3) is 0 Å². The number of anilines is 1. The van der Waals surface area contributed by atoms with E-state index in [0.29, 0.717) is 15.9 Å². The summed E-state index contributed by atoms with van der Waals surface area (Å²) < 4.78 is 85.2. The summed E-state index contributed by atoms with van der Waals surface area (Å²) in [6.07, 6.45) is 7.05. The first-order valence-electron chi connectivity index (χ1n) is 15.3. The Morgan fingerprint density at radius 1 is 0.920 bits per heavy atom. The smallest absolute Gasteiger partial charge is 0.339 e. The molecule has 0 spiro atoms. The average molecular weight is 799 g/mol. The monoisotopic (exact) mass is 797 g/mol. The van der Waals surface area contributed by atoms with Crippen LogP contribution in [0.5, 0.6) is 5.75 Å². The Morgan fingerprint density at radius 3 is 2.22 bits per heavy atom. The third-order valence-electron chi connectivity index (χ3n) is 8.45. The number of hydrogen-bond acceptors (Lipinski definition) is 6. The number of sulfonamides is 1. The minimum absolute atomic E-state index is 0.0458. The van der Waals surface area contributed by atoms with Crippen molar-refractivity contribution in [3.8, 4) is 5.75 Å². The molecular weight excluding hydrogens is 770 g/mol. The molecule has 1 aliphatic rings. The van der Waals surface area contributed by atoms with E-state index >= 15 is 4.39 Å². The van der Waals surface area contributed by atoms with Crippen molar-refractivity contribution in [1.82, 2.24) is 9.29 Å². The molecule has 1 aliphatic carbocycles. The van der Waals surface area contributed by atoms with Crippen LogP contribution in [0.2, 0.25) is 5.02 Å². The number of aromatic nitrogens is 1. The molecule has 4 aromatic rings. The number of aromatic carboxylic acids is 1. The summed E-state index contributed by atoms with van der Waals surface area (Å²) in [7, 11) is -5.35. The predicted octanol–water partition coefficient (Wildman–Crippen LogP) is 7.93. The molecular formula is C34H29BrClF4N3O6S. The minimum Gasteiger partial charge on any atom is -0.507 e. The van der Waals surface area contributed by atoms with Crippen molar-refractivity contribution in [2.75, 3.05) is 11.4 Å². The highest BCUT2D eigenvalue weighted by Gasteiger charge is 2.38. The molecule has 0 aliphatic heterocycles. The molecule has 1 fully saturated rings. The Labute approximate surface area is 298 Å². The highest BCUT2D eigenvalue weighted by atomic mass is 79.9. The van der Waals surface area contributed by atoms with Crippen LogP contribution in [0, 0.1) is 23.3 Å². The van der Waals surface area contributed by atoms with Gasteiger partial charge in [0.25, 0.3) is 0 Å². The summed E-state index contributed by atoms with van der Waals surface area (Å²) in [5.41, 5.74) is 0.951. The van der Waals surface area contributed by atoms with Crippen molar-refractivity contribution in [1.29, 1.82) is 0 Å². The molecule has 1 aromatic heterocycles. The third-order valence-corrected chi connectivity index (χ3v) is 11.7. The number of carbonyl (C=O) groups is 2. The fourth-order valence-corrected chi connectivity index (χ4v) is 8.42. The van der Waals surface area contributed by atoms with E-state index in [9.17, 15) is 41.4 Å². The van der Waals surface area contributed by atoms with Crippen molar-refractivity contribution in [3.63, 3.8) is 0 Å². The van der Waals surface area contributed by atoms with E-state index in [1.807, 2.05) is 6.07 Å². The molecule has 0 unspecified atom stereocenters. The van der Waals surface area contributed by atoms with Crippen LogP contribution >= 0.6 is 27.5 Å². The van der Waals surface area contributed by atoms with Gasteiger partial charge in [0.05, 0.1) is 23.3 Å². The van der Waals surface area contributed by atoms with E-state index in [2.05, 4.69) is 20.9 Å². The number of phenols is 1. The maximum absolute atomic E-state index is 15.1. The zero-order valence-electron chi connectivity index (χ0n) is 26.1. The zero-order chi connectivity index (χ0) is 36.3. The Balaban J connectivity index is 1.57. The highest BCUT2D eigenvalue weighted by molar-refractivity contribution is 9.10. The predicted molar refractivity (Wildman–Crippen MR) is 179 cm³/mol. The van der Waals surface area contributed by atoms with E-state index < -0.39 is 78.9 Å². The number of rotatable bonds is 11. The molecule has 50 heavy (non-hydrogen) atoms. The van der Waals surface area contributed by atoms with Gasteiger partial charge in [-0.15, -0.1) is 0 Å². The van der Waals surface area contributed by atoms with Gasteiger partial charge < -0.3 is 15.1 Å². The van der Waals surface area contributed by atoms with Gasteiger partial charge >= 0.3 is 5.97 Å².